The summed E-state index contributed by atoms with van der Waals surface area (Å²) in [5.74, 6) is -1.80. The minimum Gasteiger partial charge on any atom is -0.368 e. The molecular formula is C21H21F2N3O4S. The Balaban J connectivity index is 1.79. The highest BCUT2D eigenvalue weighted by molar-refractivity contribution is 7.86. The zero-order chi connectivity index (χ0) is 22.2. The SMILES string of the molecule is COS(=O)(=O)c1ccc(C)cc1[C@H]1CO[C@](Cn2cncn2)(c2ccc(F)cc2F)C1. The molecule has 1 aliphatic rings. The fraction of sp³-hybridized carbons (Fsp3) is 0.333. The van der Waals surface area contributed by atoms with E-state index < -0.39 is 27.4 Å². The fourth-order valence-corrected chi connectivity index (χ4v) is 5.03. The number of rotatable bonds is 6. The summed E-state index contributed by atoms with van der Waals surface area (Å²) in [7, 11) is -2.85. The summed E-state index contributed by atoms with van der Waals surface area (Å²) in [5, 5.41) is 4.09. The van der Waals surface area contributed by atoms with Gasteiger partial charge in [0, 0.05) is 17.5 Å². The number of hydrogen-bond donors (Lipinski definition) is 0. The molecule has 0 N–H and O–H groups in total. The highest BCUT2D eigenvalue weighted by atomic mass is 32.2. The van der Waals surface area contributed by atoms with Gasteiger partial charge in [-0.05, 0) is 31.0 Å². The van der Waals surface area contributed by atoms with E-state index in [9.17, 15) is 17.2 Å². The summed E-state index contributed by atoms with van der Waals surface area (Å²) < 4.78 is 65.7. The van der Waals surface area contributed by atoms with Crippen molar-refractivity contribution < 1.29 is 26.1 Å². The maximum Gasteiger partial charge on any atom is 0.296 e. The highest BCUT2D eigenvalue weighted by Gasteiger charge is 2.46. The van der Waals surface area contributed by atoms with Crippen LogP contribution in [0.15, 0.2) is 53.9 Å². The predicted octanol–water partition coefficient (Wildman–Crippen LogP) is 3.30. The molecule has 1 aromatic heterocycles. The Morgan fingerprint density at radius 1 is 1.26 bits per heavy atom. The molecule has 0 unspecified atom stereocenters. The molecule has 0 bridgehead atoms. The van der Waals surface area contributed by atoms with Crippen molar-refractivity contribution in [3.63, 3.8) is 0 Å². The molecule has 31 heavy (non-hydrogen) atoms. The number of aryl methyl sites for hydroxylation is 1. The van der Waals surface area contributed by atoms with Gasteiger partial charge < -0.3 is 4.74 Å². The Kier molecular flexibility index (Phi) is 5.63. The van der Waals surface area contributed by atoms with Gasteiger partial charge in [0.2, 0.25) is 0 Å². The number of hydrogen-bond acceptors (Lipinski definition) is 6. The van der Waals surface area contributed by atoms with Gasteiger partial charge in [-0.25, -0.2) is 18.4 Å². The Morgan fingerprint density at radius 3 is 2.74 bits per heavy atom. The topological polar surface area (TPSA) is 83.3 Å². The fourth-order valence-electron chi connectivity index (χ4n) is 4.10. The highest BCUT2D eigenvalue weighted by Crippen LogP contribution is 2.46. The smallest absolute Gasteiger partial charge is 0.296 e. The van der Waals surface area contributed by atoms with E-state index in [1.807, 2.05) is 6.92 Å². The lowest BCUT2D eigenvalue weighted by Gasteiger charge is -2.29. The van der Waals surface area contributed by atoms with Gasteiger partial charge in [0.15, 0.2) is 0 Å². The molecule has 0 amide bonds. The molecule has 3 aromatic rings. The second-order valence-electron chi connectivity index (χ2n) is 7.59. The van der Waals surface area contributed by atoms with E-state index >= 15 is 0 Å². The van der Waals surface area contributed by atoms with Gasteiger partial charge in [-0.15, -0.1) is 0 Å². The van der Waals surface area contributed by atoms with E-state index in [4.69, 9.17) is 8.92 Å². The van der Waals surface area contributed by atoms with Crippen molar-refractivity contribution >= 4 is 10.1 Å². The standard InChI is InChI=1S/C21H21F2N3O4S/c1-14-3-6-20(31(27,28)29-2)17(7-14)15-9-21(30-10-15,11-26-13-24-12-25-26)18-5-4-16(22)8-19(18)23/h3-8,12-13,15H,9-11H2,1-2H3/t15-,21-/m1/s1. The van der Waals surface area contributed by atoms with Crippen molar-refractivity contribution in [1.29, 1.82) is 0 Å². The van der Waals surface area contributed by atoms with Crippen LogP contribution in [0.3, 0.4) is 0 Å². The molecule has 0 aliphatic carbocycles. The van der Waals surface area contributed by atoms with E-state index in [-0.39, 0.29) is 35.9 Å². The van der Waals surface area contributed by atoms with Gasteiger partial charge in [-0.3, -0.25) is 4.18 Å². The maximum absolute atomic E-state index is 14.8. The minimum absolute atomic E-state index is 0.0466. The second-order valence-corrected chi connectivity index (χ2v) is 9.27. The second kappa shape index (κ2) is 8.10. The van der Waals surface area contributed by atoms with Gasteiger partial charge >= 0.3 is 0 Å². The first-order valence-electron chi connectivity index (χ1n) is 9.57. The van der Waals surface area contributed by atoms with Crippen LogP contribution in [0.1, 0.15) is 29.0 Å². The van der Waals surface area contributed by atoms with E-state index in [0.29, 0.717) is 5.56 Å². The van der Waals surface area contributed by atoms with E-state index in [1.54, 1.807) is 12.1 Å². The Morgan fingerprint density at radius 2 is 2.06 bits per heavy atom. The van der Waals surface area contributed by atoms with Crippen molar-refractivity contribution in [1.82, 2.24) is 14.8 Å². The largest absolute Gasteiger partial charge is 0.368 e. The average molecular weight is 449 g/mol. The molecule has 2 atom stereocenters. The van der Waals surface area contributed by atoms with E-state index in [1.165, 1.54) is 35.5 Å². The van der Waals surface area contributed by atoms with Crippen LogP contribution in [0.25, 0.3) is 0 Å². The number of nitrogens with zero attached hydrogens (tertiary/aromatic N) is 3. The van der Waals surface area contributed by atoms with Crippen molar-refractivity contribution in [2.45, 2.75) is 36.3 Å². The van der Waals surface area contributed by atoms with Crippen LogP contribution in [0.5, 0.6) is 0 Å². The number of halogens is 2. The van der Waals surface area contributed by atoms with Gasteiger partial charge in [0.05, 0.1) is 25.2 Å². The molecule has 4 rings (SSSR count). The third-order valence-electron chi connectivity index (χ3n) is 5.54. The maximum atomic E-state index is 14.8. The zero-order valence-electron chi connectivity index (χ0n) is 17.0. The molecule has 0 radical (unpaired) electrons. The first kappa shape index (κ1) is 21.5. The normalized spacial score (nSPS) is 21.5. The summed E-state index contributed by atoms with van der Waals surface area (Å²) in [4.78, 5) is 3.97. The van der Waals surface area contributed by atoms with Gasteiger partial charge in [-0.2, -0.15) is 13.5 Å². The van der Waals surface area contributed by atoms with E-state index in [2.05, 4.69) is 10.1 Å². The summed E-state index contributed by atoms with van der Waals surface area (Å²) in [5.41, 5.74) is 0.390. The monoisotopic (exact) mass is 449 g/mol. The molecule has 0 spiro atoms. The van der Waals surface area contributed by atoms with Gasteiger partial charge in [-0.1, -0.05) is 23.8 Å². The zero-order valence-corrected chi connectivity index (χ0v) is 17.8. The molecule has 7 nitrogen and oxygen atoms in total. The van der Waals surface area contributed by atoms with Crippen LogP contribution in [-0.4, -0.2) is 36.9 Å². The molecule has 2 aromatic carbocycles. The van der Waals surface area contributed by atoms with Crippen LogP contribution in [0, 0.1) is 18.6 Å². The van der Waals surface area contributed by atoms with Crippen molar-refractivity contribution in [3.05, 3.63) is 77.4 Å². The molecule has 1 fully saturated rings. The average Bonchev–Trinajstić information content (AvgIpc) is 3.38. The molecule has 10 heteroatoms. The van der Waals surface area contributed by atoms with Crippen LogP contribution >= 0.6 is 0 Å². The minimum atomic E-state index is -3.96. The van der Waals surface area contributed by atoms with Crippen LogP contribution < -0.4 is 0 Å². The van der Waals surface area contributed by atoms with Gasteiger partial charge in [0.25, 0.3) is 10.1 Å². The Bertz CT molecular complexity index is 1200. The molecule has 2 heterocycles. The summed E-state index contributed by atoms with van der Waals surface area (Å²) in [6.07, 6.45) is 3.09. The molecule has 164 valence electrons. The Labute approximate surface area is 178 Å². The van der Waals surface area contributed by atoms with Crippen LogP contribution in [0.4, 0.5) is 8.78 Å². The first-order chi connectivity index (χ1) is 14.7. The summed E-state index contributed by atoms with van der Waals surface area (Å²) >= 11 is 0. The van der Waals surface area contributed by atoms with Gasteiger partial charge in [0.1, 0.15) is 29.9 Å². The number of ether oxygens (including phenoxy) is 1. The number of aromatic nitrogens is 3. The lowest BCUT2D eigenvalue weighted by atomic mass is 9.84. The lowest BCUT2D eigenvalue weighted by Crippen LogP contribution is -2.32. The Hall–Kier alpha value is -2.69. The number of benzene rings is 2. The molecule has 0 saturated carbocycles. The molecule has 1 aliphatic heterocycles. The molecular weight excluding hydrogens is 428 g/mol. The van der Waals surface area contributed by atoms with Crippen LogP contribution in [-0.2, 0) is 31.2 Å². The van der Waals surface area contributed by atoms with E-state index in [0.717, 1.165) is 18.7 Å². The quantitative estimate of drug-likeness (QED) is 0.537. The third-order valence-corrected chi connectivity index (χ3v) is 6.89. The van der Waals surface area contributed by atoms with Crippen LogP contribution in [0.2, 0.25) is 0 Å². The molecule has 1 saturated heterocycles. The summed E-state index contributed by atoms with van der Waals surface area (Å²) in [6.45, 7) is 2.12. The predicted molar refractivity (Wildman–Crippen MR) is 107 cm³/mol. The van der Waals surface area contributed by atoms with Crippen molar-refractivity contribution in [3.8, 4) is 0 Å². The van der Waals surface area contributed by atoms with Crippen molar-refractivity contribution in [2.75, 3.05) is 13.7 Å². The lowest BCUT2D eigenvalue weighted by molar-refractivity contribution is -0.0200. The van der Waals surface area contributed by atoms with Crippen molar-refractivity contribution in [2.24, 2.45) is 0 Å². The first-order valence-corrected chi connectivity index (χ1v) is 11.0. The third kappa shape index (κ3) is 4.10. The summed E-state index contributed by atoms with van der Waals surface area (Å²) in [6, 6.07) is 8.29.